The second-order valence-electron chi connectivity index (χ2n) is 3.42. The van der Waals surface area contributed by atoms with E-state index in [4.69, 9.17) is 9.84 Å². The molecule has 1 aromatic rings. The van der Waals surface area contributed by atoms with Crippen molar-refractivity contribution >= 4 is 5.97 Å². The minimum absolute atomic E-state index is 0.366. The first-order valence-electron chi connectivity index (χ1n) is 4.53. The summed E-state index contributed by atoms with van der Waals surface area (Å²) in [5, 5.41) is 18.1. The lowest BCUT2D eigenvalue weighted by Crippen LogP contribution is -2.12. The molecule has 0 spiro atoms. The van der Waals surface area contributed by atoms with E-state index in [1.165, 1.54) is 7.11 Å². The van der Waals surface area contributed by atoms with Crippen molar-refractivity contribution in [1.29, 1.82) is 0 Å². The summed E-state index contributed by atoms with van der Waals surface area (Å²) in [4.78, 5) is 10.6. The number of aryl methyl sites for hydroxylation is 2. The normalized spacial score (nSPS) is 12.3. The molecule has 0 fully saturated rings. The lowest BCUT2D eigenvalue weighted by atomic mass is 10.0. The van der Waals surface area contributed by atoms with Crippen LogP contribution in [0.5, 0.6) is 5.75 Å². The van der Waals surface area contributed by atoms with Gasteiger partial charge in [-0.3, -0.25) is 0 Å². The number of carboxylic acid groups (broad SMARTS) is 1. The van der Waals surface area contributed by atoms with Crippen molar-refractivity contribution in [1.82, 2.24) is 0 Å². The summed E-state index contributed by atoms with van der Waals surface area (Å²) in [6.07, 6.45) is -1.50. The van der Waals surface area contributed by atoms with Crippen LogP contribution in [0, 0.1) is 13.8 Å². The van der Waals surface area contributed by atoms with Crippen LogP contribution < -0.4 is 4.74 Å². The maximum Gasteiger partial charge on any atom is 0.337 e. The number of methoxy groups -OCH3 is 1. The first-order valence-corrected chi connectivity index (χ1v) is 4.53. The zero-order chi connectivity index (χ0) is 11.6. The summed E-state index contributed by atoms with van der Waals surface area (Å²) in [6, 6.07) is 3.35. The quantitative estimate of drug-likeness (QED) is 0.792. The fourth-order valence-electron chi connectivity index (χ4n) is 1.50. The summed E-state index contributed by atoms with van der Waals surface area (Å²) in [5.74, 6) is -0.681. The molecule has 0 saturated heterocycles. The van der Waals surface area contributed by atoms with Crippen molar-refractivity contribution in [3.63, 3.8) is 0 Å². The van der Waals surface area contributed by atoms with E-state index in [0.29, 0.717) is 11.3 Å². The molecule has 1 atom stereocenters. The molecule has 2 N–H and O–H groups in total. The number of benzene rings is 1. The second-order valence-corrected chi connectivity index (χ2v) is 3.42. The van der Waals surface area contributed by atoms with Gasteiger partial charge in [-0.05, 0) is 36.6 Å². The Morgan fingerprint density at radius 2 is 1.93 bits per heavy atom. The van der Waals surface area contributed by atoms with E-state index in [2.05, 4.69) is 0 Å². The second kappa shape index (κ2) is 4.31. The molecule has 0 amide bonds. The van der Waals surface area contributed by atoms with Crippen molar-refractivity contribution in [3.8, 4) is 5.75 Å². The van der Waals surface area contributed by atoms with E-state index in [1.807, 2.05) is 6.92 Å². The van der Waals surface area contributed by atoms with Gasteiger partial charge in [-0.1, -0.05) is 6.07 Å². The van der Waals surface area contributed by atoms with Gasteiger partial charge in [-0.25, -0.2) is 4.79 Å². The topological polar surface area (TPSA) is 66.8 Å². The molecular formula is C11H14O4. The van der Waals surface area contributed by atoms with Crippen LogP contribution in [-0.2, 0) is 4.79 Å². The van der Waals surface area contributed by atoms with E-state index in [-0.39, 0.29) is 0 Å². The maximum atomic E-state index is 10.6. The molecule has 15 heavy (non-hydrogen) atoms. The Morgan fingerprint density at radius 1 is 1.33 bits per heavy atom. The lowest BCUT2D eigenvalue weighted by molar-refractivity contribution is -0.147. The molecule has 0 aliphatic carbocycles. The van der Waals surface area contributed by atoms with Crippen LogP contribution in [0.4, 0.5) is 0 Å². The molecule has 0 saturated carbocycles. The molecule has 1 unspecified atom stereocenters. The molecule has 0 radical (unpaired) electrons. The fourth-order valence-corrected chi connectivity index (χ4v) is 1.50. The van der Waals surface area contributed by atoms with Crippen molar-refractivity contribution in [2.75, 3.05) is 7.11 Å². The van der Waals surface area contributed by atoms with Gasteiger partial charge >= 0.3 is 5.97 Å². The standard InChI is InChI=1S/C11H14O4/c1-6-4-7(2)9(15-3)5-8(6)10(12)11(13)14/h4-5,10,12H,1-3H3,(H,13,14). The number of ether oxygens (including phenoxy) is 1. The number of hydrogen-bond acceptors (Lipinski definition) is 3. The predicted octanol–water partition coefficient (Wildman–Crippen LogP) is 1.43. The number of aliphatic carboxylic acids is 1. The largest absolute Gasteiger partial charge is 0.496 e. The number of aliphatic hydroxyl groups excluding tert-OH is 1. The van der Waals surface area contributed by atoms with Crippen LogP contribution in [0.25, 0.3) is 0 Å². The Balaban J connectivity index is 3.24. The van der Waals surface area contributed by atoms with Gasteiger partial charge in [0, 0.05) is 0 Å². The zero-order valence-electron chi connectivity index (χ0n) is 8.94. The summed E-state index contributed by atoms with van der Waals surface area (Å²) in [5.41, 5.74) is 2.02. The molecule has 82 valence electrons. The highest BCUT2D eigenvalue weighted by Crippen LogP contribution is 2.26. The van der Waals surface area contributed by atoms with Gasteiger partial charge in [0.2, 0.25) is 0 Å². The SMILES string of the molecule is COc1cc(C(O)C(=O)O)c(C)cc1C. The van der Waals surface area contributed by atoms with E-state index in [1.54, 1.807) is 19.1 Å². The van der Waals surface area contributed by atoms with Gasteiger partial charge in [0.05, 0.1) is 7.11 Å². The van der Waals surface area contributed by atoms with Crippen LogP contribution >= 0.6 is 0 Å². The Hall–Kier alpha value is -1.55. The minimum atomic E-state index is -1.50. The van der Waals surface area contributed by atoms with Gasteiger partial charge in [0.1, 0.15) is 5.75 Å². The highest BCUT2D eigenvalue weighted by Gasteiger charge is 2.19. The summed E-state index contributed by atoms with van der Waals surface area (Å²) < 4.78 is 5.07. The molecule has 0 aliphatic rings. The molecule has 1 rings (SSSR count). The van der Waals surface area contributed by atoms with Crippen LogP contribution in [0.2, 0.25) is 0 Å². The molecule has 0 aliphatic heterocycles. The number of aliphatic hydroxyl groups is 1. The first-order chi connectivity index (χ1) is 6.97. The highest BCUT2D eigenvalue weighted by atomic mass is 16.5. The van der Waals surface area contributed by atoms with E-state index in [9.17, 15) is 9.90 Å². The third-order valence-electron chi connectivity index (χ3n) is 2.31. The van der Waals surface area contributed by atoms with Crippen LogP contribution in [0.1, 0.15) is 22.8 Å². The molecule has 0 bridgehead atoms. The van der Waals surface area contributed by atoms with E-state index in [0.717, 1.165) is 11.1 Å². The summed E-state index contributed by atoms with van der Waals surface area (Å²) >= 11 is 0. The van der Waals surface area contributed by atoms with Crippen molar-refractivity contribution < 1.29 is 19.7 Å². The van der Waals surface area contributed by atoms with Crippen molar-refractivity contribution in [2.45, 2.75) is 20.0 Å². The monoisotopic (exact) mass is 210 g/mol. The van der Waals surface area contributed by atoms with Crippen molar-refractivity contribution in [2.24, 2.45) is 0 Å². The van der Waals surface area contributed by atoms with Gasteiger partial charge in [0.15, 0.2) is 6.10 Å². The van der Waals surface area contributed by atoms with Crippen LogP contribution in [0.3, 0.4) is 0 Å². The van der Waals surface area contributed by atoms with Gasteiger partial charge in [-0.2, -0.15) is 0 Å². The zero-order valence-corrected chi connectivity index (χ0v) is 8.94. The predicted molar refractivity (Wildman–Crippen MR) is 55.1 cm³/mol. The number of carbonyl (C=O) groups is 1. The average molecular weight is 210 g/mol. The third-order valence-corrected chi connectivity index (χ3v) is 2.31. The molecule has 4 heteroatoms. The van der Waals surface area contributed by atoms with E-state index >= 15 is 0 Å². The van der Waals surface area contributed by atoms with Crippen molar-refractivity contribution in [3.05, 3.63) is 28.8 Å². The van der Waals surface area contributed by atoms with Gasteiger partial charge in [0.25, 0.3) is 0 Å². The third kappa shape index (κ3) is 2.27. The van der Waals surface area contributed by atoms with E-state index < -0.39 is 12.1 Å². The fraction of sp³-hybridized carbons (Fsp3) is 0.364. The van der Waals surface area contributed by atoms with Crippen LogP contribution in [0.15, 0.2) is 12.1 Å². The molecule has 4 nitrogen and oxygen atoms in total. The van der Waals surface area contributed by atoms with Gasteiger partial charge in [-0.15, -0.1) is 0 Å². The maximum absolute atomic E-state index is 10.6. The number of rotatable bonds is 3. The summed E-state index contributed by atoms with van der Waals surface area (Å²) in [7, 11) is 1.51. The summed E-state index contributed by atoms with van der Waals surface area (Å²) in [6.45, 7) is 3.62. The molecular weight excluding hydrogens is 196 g/mol. The lowest BCUT2D eigenvalue weighted by Gasteiger charge is -2.13. The first kappa shape index (κ1) is 11.5. The van der Waals surface area contributed by atoms with Crippen LogP contribution in [-0.4, -0.2) is 23.3 Å². The Bertz CT molecular complexity index is 384. The minimum Gasteiger partial charge on any atom is -0.496 e. The molecule has 0 aromatic heterocycles. The smallest absolute Gasteiger partial charge is 0.337 e. The molecule has 1 aromatic carbocycles. The Labute approximate surface area is 88.1 Å². The number of hydrogen-bond donors (Lipinski definition) is 2. The Kier molecular flexibility index (Phi) is 3.31. The number of carboxylic acids is 1. The Morgan fingerprint density at radius 3 is 2.40 bits per heavy atom. The molecule has 0 heterocycles. The average Bonchev–Trinajstić information content (AvgIpc) is 2.17. The van der Waals surface area contributed by atoms with Gasteiger partial charge < -0.3 is 14.9 Å². The highest BCUT2D eigenvalue weighted by molar-refractivity contribution is 5.75.